The van der Waals surface area contributed by atoms with Crippen LogP contribution in [-0.2, 0) is 11.3 Å². The lowest BCUT2D eigenvalue weighted by Gasteiger charge is -2.23. The normalized spacial score (nSPS) is 17.2. The van der Waals surface area contributed by atoms with Crippen molar-refractivity contribution in [2.75, 3.05) is 6.61 Å². The summed E-state index contributed by atoms with van der Waals surface area (Å²) in [7, 11) is 0. The van der Waals surface area contributed by atoms with Crippen LogP contribution < -0.4 is 5.73 Å². The molecule has 7 nitrogen and oxygen atoms in total. The molecule has 3 heterocycles. The summed E-state index contributed by atoms with van der Waals surface area (Å²) in [4.78, 5) is 11.8. The van der Waals surface area contributed by atoms with E-state index in [4.69, 9.17) is 27.2 Å². The van der Waals surface area contributed by atoms with E-state index < -0.39 is 5.91 Å². The minimum Gasteiger partial charge on any atom is -0.364 e. The summed E-state index contributed by atoms with van der Waals surface area (Å²) in [5, 5.41) is 11.7. The summed E-state index contributed by atoms with van der Waals surface area (Å²) in [6.45, 7) is 1.13. The van der Waals surface area contributed by atoms with Crippen molar-refractivity contribution in [3.8, 4) is 0 Å². The molecule has 0 saturated carbocycles. The number of amides is 1. The summed E-state index contributed by atoms with van der Waals surface area (Å²) < 4.78 is 9.67. The molecule has 1 aliphatic heterocycles. The average molecular weight is 410 g/mol. The SMILES string of the molecule is NC(=O)c1nn(Cc2nn(C3CCCCO3)c3ccc(Cl)cc23)c2ccccc12. The average Bonchev–Trinajstić information content (AvgIpc) is 3.28. The van der Waals surface area contributed by atoms with E-state index in [9.17, 15) is 4.79 Å². The highest BCUT2D eigenvalue weighted by Crippen LogP contribution is 2.30. The van der Waals surface area contributed by atoms with Gasteiger partial charge in [0.15, 0.2) is 11.9 Å². The fourth-order valence-electron chi connectivity index (χ4n) is 4.00. The van der Waals surface area contributed by atoms with Gasteiger partial charge in [0.2, 0.25) is 0 Å². The zero-order valence-electron chi connectivity index (χ0n) is 15.7. The van der Waals surface area contributed by atoms with Crippen molar-refractivity contribution in [2.45, 2.75) is 32.0 Å². The van der Waals surface area contributed by atoms with Gasteiger partial charge in [-0.25, -0.2) is 4.68 Å². The number of para-hydroxylation sites is 1. The van der Waals surface area contributed by atoms with Crippen LogP contribution in [0.5, 0.6) is 0 Å². The molecule has 1 amide bonds. The molecule has 2 aromatic heterocycles. The van der Waals surface area contributed by atoms with E-state index in [0.29, 0.717) is 11.6 Å². The molecule has 1 unspecified atom stereocenters. The Hall–Kier alpha value is -2.90. The number of rotatable bonds is 4. The minimum atomic E-state index is -0.547. The third-order valence-electron chi connectivity index (χ3n) is 5.36. The maximum Gasteiger partial charge on any atom is 0.269 e. The van der Waals surface area contributed by atoms with Gasteiger partial charge in [0.05, 0.1) is 23.3 Å². The Labute approximate surface area is 172 Å². The smallest absolute Gasteiger partial charge is 0.269 e. The summed E-state index contributed by atoms with van der Waals surface area (Å²) in [5.41, 5.74) is 8.42. The van der Waals surface area contributed by atoms with Gasteiger partial charge in [0.25, 0.3) is 5.91 Å². The molecule has 8 heteroatoms. The lowest BCUT2D eigenvalue weighted by Crippen LogP contribution is -2.19. The molecular formula is C21H20ClN5O2. The number of carbonyl (C=O) groups excluding carboxylic acids is 1. The third kappa shape index (κ3) is 3.16. The Morgan fingerprint density at radius 1 is 1.14 bits per heavy atom. The monoisotopic (exact) mass is 409 g/mol. The van der Waals surface area contributed by atoms with Gasteiger partial charge in [-0.2, -0.15) is 10.2 Å². The lowest BCUT2D eigenvalue weighted by atomic mass is 10.1. The number of nitrogens with two attached hydrogens (primary N) is 1. The van der Waals surface area contributed by atoms with Gasteiger partial charge in [0, 0.05) is 22.4 Å². The Balaban J connectivity index is 1.63. The molecule has 0 spiro atoms. The van der Waals surface area contributed by atoms with Gasteiger partial charge in [0.1, 0.15) is 0 Å². The molecule has 0 aliphatic carbocycles. The van der Waals surface area contributed by atoms with Crippen LogP contribution in [0.2, 0.25) is 5.02 Å². The second kappa shape index (κ2) is 7.17. The number of hydrogen-bond donors (Lipinski definition) is 1. The number of aromatic nitrogens is 4. The number of ether oxygens (including phenoxy) is 1. The summed E-state index contributed by atoms with van der Waals surface area (Å²) in [6, 6.07) is 13.3. The largest absolute Gasteiger partial charge is 0.364 e. The van der Waals surface area contributed by atoms with Crippen molar-refractivity contribution in [2.24, 2.45) is 5.73 Å². The standard InChI is InChI=1S/C21H20ClN5O2/c22-13-8-9-18-15(11-13)16(24-27(18)19-7-3-4-10-29-19)12-26-17-6-2-1-5-14(17)20(25-26)21(23)28/h1-2,5-6,8-9,11,19H,3-4,7,10,12H2,(H2,23,28). The molecule has 148 valence electrons. The van der Waals surface area contributed by atoms with E-state index in [1.54, 1.807) is 4.68 Å². The van der Waals surface area contributed by atoms with Crippen molar-refractivity contribution < 1.29 is 9.53 Å². The Bertz CT molecular complexity index is 1220. The van der Waals surface area contributed by atoms with E-state index in [2.05, 4.69) is 5.10 Å². The minimum absolute atomic E-state index is 0.0864. The molecule has 1 atom stereocenters. The van der Waals surface area contributed by atoms with E-state index >= 15 is 0 Å². The number of nitrogens with zero attached hydrogens (tertiary/aromatic N) is 4. The van der Waals surface area contributed by atoms with E-state index in [1.165, 1.54) is 0 Å². The number of primary amides is 1. The van der Waals surface area contributed by atoms with Crippen LogP contribution in [0.3, 0.4) is 0 Å². The van der Waals surface area contributed by atoms with Gasteiger partial charge < -0.3 is 10.5 Å². The highest BCUT2D eigenvalue weighted by molar-refractivity contribution is 6.31. The van der Waals surface area contributed by atoms with E-state index in [0.717, 1.165) is 53.4 Å². The fraction of sp³-hybridized carbons (Fsp3) is 0.286. The lowest BCUT2D eigenvalue weighted by molar-refractivity contribution is -0.0369. The van der Waals surface area contributed by atoms with Gasteiger partial charge >= 0.3 is 0 Å². The predicted octanol–water partition coefficient (Wildman–Crippen LogP) is 3.89. The van der Waals surface area contributed by atoms with Gasteiger partial charge in [-0.05, 0) is 43.5 Å². The molecule has 2 aromatic carbocycles. The second-order valence-corrected chi connectivity index (χ2v) is 7.70. The first-order valence-electron chi connectivity index (χ1n) is 9.65. The molecule has 1 fully saturated rings. The van der Waals surface area contributed by atoms with Crippen molar-refractivity contribution in [1.82, 2.24) is 19.6 Å². The predicted molar refractivity (Wildman–Crippen MR) is 111 cm³/mol. The number of hydrogen-bond acceptors (Lipinski definition) is 4. The second-order valence-electron chi connectivity index (χ2n) is 7.26. The molecule has 1 aliphatic rings. The summed E-state index contributed by atoms with van der Waals surface area (Å²) >= 11 is 6.28. The van der Waals surface area contributed by atoms with Gasteiger partial charge in [-0.1, -0.05) is 29.8 Å². The highest BCUT2D eigenvalue weighted by Gasteiger charge is 2.22. The zero-order chi connectivity index (χ0) is 20.0. The zero-order valence-corrected chi connectivity index (χ0v) is 16.5. The summed E-state index contributed by atoms with van der Waals surface area (Å²) in [5.74, 6) is -0.547. The van der Waals surface area contributed by atoms with E-state index in [1.807, 2.05) is 47.1 Å². The van der Waals surface area contributed by atoms with Crippen molar-refractivity contribution in [3.63, 3.8) is 0 Å². The molecule has 2 N–H and O–H groups in total. The maximum absolute atomic E-state index is 11.8. The van der Waals surface area contributed by atoms with Crippen molar-refractivity contribution in [1.29, 1.82) is 0 Å². The first kappa shape index (κ1) is 18.1. The molecule has 1 saturated heterocycles. The van der Waals surface area contributed by atoms with E-state index in [-0.39, 0.29) is 11.9 Å². The van der Waals surface area contributed by atoms with Crippen LogP contribution in [0.15, 0.2) is 42.5 Å². The van der Waals surface area contributed by atoms with Crippen LogP contribution in [0.4, 0.5) is 0 Å². The quantitative estimate of drug-likeness (QED) is 0.554. The number of halogens is 1. The first-order valence-corrected chi connectivity index (χ1v) is 10.0. The van der Waals surface area contributed by atoms with Crippen molar-refractivity contribution >= 4 is 39.3 Å². The van der Waals surface area contributed by atoms with Crippen LogP contribution in [0.25, 0.3) is 21.8 Å². The van der Waals surface area contributed by atoms with Gasteiger partial charge in [-0.3, -0.25) is 9.48 Å². The molecular weight excluding hydrogens is 390 g/mol. The molecule has 5 rings (SSSR count). The molecule has 29 heavy (non-hydrogen) atoms. The molecule has 0 radical (unpaired) electrons. The number of fused-ring (bicyclic) bond motifs is 2. The van der Waals surface area contributed by atoms with Crippen LogP contribution in [-0.4, -0.2) is 32.1 Å². The number of benzene rings is 2. The summed E-state index contributed by atoms with van der Waals surface area (Å²) in [6.07, 6.45) is 3.02. The molecule has 0 bridgehead atoms. The van der Waals surface area contributed by atoms with Crippen molar-refractivity contribution in [3.05, 3.63) is 58.9 Å². The first-order chi connectivity index (χ1) is 14.1. The third-order valence-corrected chi connectivity index (χ3v) is 5.60. The topological polar surface area (TPSA) is 88.0 Å². The Kier molecular flexibility index (Phi) is 4.49. The highest BCUT2D eigenvalue weighted by atomic mass is 35.5. The fourth-order valence-corrected chi connectivity index (χ4v) is 4.17. The van der Waals surface area contributed by atoms with Crippen LogP contribution in [0.1, 0.15) is 41.7 Å². The molecule has 4 aromatic rings. The maximum atomic E-state index is 11.8. The van der Waals surface area contributed by atoms with Crippen LogP contribution in [0, 0.1) is 0 Å². The van der Waals surface area contributed by atoms with Gasteiger partial charge in [-0.15, -0.1) is 0 Å². The van der Waals surface area contributed by atoms with Crippen LogP contribution >= 0.6 is 11.6 Å². The Morgan fingerprint density at radius 2 is 2.00 bits per heavy atom. The number of carbonyl (C=O) groups is 1. The Morgan fingerprint density at radius 3 is 2.79 bits per heavy atom.